The highest BCUT2D eigenvalue weighted by atomic mass is 16.5. The zero-order valence-corrected chi connectivity index (χ0v) is 13.8. The zero-order chi connectivity index (χ0) is 16.9. The Morgan fingerprint density at radius 1 is 1.04 bits per heavy atom. The van der Waals surface area contributed by atoms with E-state index in [9.17, 15) is 0 Å². The van der Waals surface area contributed by atoms with Crippen molar-refractivity contribution < 1.29 is 9.26 Å². The second-order valence-corrected chi connectivity index (χ2v) is 5.37. The van der Waals surface area contributed by atoms with Gasteiger partial charge in [-0.3, -0.25) is 0 Å². The monoisotopic (exact) mass is 325 g/mol. The van der Waals surface area contributed by atoms with Gasteiger partial charge in [-0.2, -0.15) is 4.98 Å². The lowest BCUT2D eigenvalue weighted by atomic mass is 10.2. The van der Waals surface area contributed by atoms with Crippen LogP contribution in [-0.2, 0) is 6.54 Å². The summed E-state index contributed by atoms with van der Waals surface area (Å²) in [5.41, 5.74) is 1.98. The van der Waals surface area contributed by atoms with Gasteiger partial charge in [-0.15, -0.1) is 0 Å². The molecule has 124 valence electrons. The molecule has 24 heavy (non-hydrogen) atoms. The molecule has 7 heteroatoms. The molecule has 0 aliphatic heterocycles. The maximum absolute atomic E-state index is 5.16. The predicted molar refractivity (Wildman–Crippen MR) is 91.6 cm³/mol. The molecule has 2 aromatic heterocycles. The number of nitrogens with zero attached hydrogens (tertiary/aromatic N) is 3. The number of methoxy groups -OCH3 is 1. The number of hydrogen-bond acceptors (Lipinski definition) is 7. The Morgan fingerprint density at radius 3 is 2.50 bits per heavy atom. The van der Waals surface area contributed by atoms with Crippen molar-refractivity contribution in [3.05, 3.63) is 53.4 Å². The number of rotatable bonds is 6. The van der Waals surface area contributed by atoms with Crippen LogP contribution in [0.4, 0.5) is 17.6 Å². The van der Waals surface area contributed by atoms with Crippen LogP contribution in [0.3, 0.4) is 0 Å². The molecule has 2 N–H and O–H groups in total. The summed E-state index contributed by atoms with van der Waals surface area (Å²) in [5, 5.41) is 10.2. The van der Waals surface area contributed by atoms with Gasteiger partial charge in [-0.25, -0.2) is 4.98 Å². The van der Waals surface area contributed by atoms with Gasteiger partial charge in [0.25, 0.3) is 0 Å². The summed E-state index contributed by atoms with van der Waals surface area (Å²) in [6, 6.07) is 11.6. The molecule has 0 atom stereocenters. The van der Waals surface area contributed by atoms with Gasteiger partial charge in [0.2, 0.25) is 5.95 Å². The highest BCUT2D eigenvalue weighted by Crippen LogP contribution is 2.17. The Hall–Kier alpha value is -3.09. The minimum Gasteiger partial charge on any atom is -0.497 e. The number of anilines is 3. The molecular formula is C17H19N5O2. The molecule has 3 rings (SSSR count). The van der Waals surface area contributed by atoms with Crippen LogP contribution >= 0.6 is 0 Å². The van der Waals surface area contributed by atoms with E-state index in [1.165, 1.54) is 0 Å². The summed E-state index contributed by atoms with van der Waals surface area (Å²) in [5.74, 6) is 3.36. The molecule has 0 fully saturated rings. The molecule has 7 nitrogen and oxygen atoms in total. The minimum absolute atomic E-state index is 0.473. The number of aryl methyl sites for hydroxylation is 2. The third-order valence-corrected chi connectivity index (χ3v) is 3.35. The van der Waals surface area contributed by atoms with Crippen LogP contribution in [0.2, 0.25) is 0 Å². The normalized spacial score (nSPS) is 10.5. The molecular weight excluding hydrogens is 306 g/mol. The summed E-state index contributed by atoms with van der Waals surface area (Å²) in [7, 11) is 1.65. The molecule has 0 bridgehead atoms. The van der Waals surface area contributed by atoms with Crippen molar-refractivity contribution in [2.24, 2.45) is 0 Å². The molecule has 0 aliphatic rings. The maximum Gasteiger partial charge on any atom is 0.230 e. The Morgan fingerprint density at radius 2 is 1.83 bits per heavy atom. The van der Waals surface area contributed by atoms with Crippen molar-refractivity contribution in [1.29, 1.82) is 0 Å². The fourth-order valence-electron chi connectivity index (χ4n) is 2.19. The predicted octanol–water partition coefficient (Wildman–Crippen LogP) is 3.45. The van der Waals surface area contributed by atoms with E-state index < -0.39 is 0 Å². The molecule has 3 aromatic rings. The van der Waals surface area contributed by atoms with Gasteiger partial charge in [0, 0.05) is 24.4 Å². The molecule has 2 heterocycles. The van der Waals surface area contributed by atoms with Gasteiger partial charge < -0.3 is 19.9 Å². The van der Waals surface area contributed by atoms with Crippen molar-refractivity contribution in [1.82, 2.24) is 15.1 Å². The van der Waals surface area contributed by atoms with Gasteiger partial charge in [-0.1, -0.05) is 17.3 Å². The second-order valence-electron chi connectivity index (χ2n) is 5.37. The number of nitrogens with one attached hydrogen (secondary N) is 2. The number of ether oxygens (including phenoxy) is 1. The van der Waals surface area contributed by atoms with Crippen molar-refractivity contribution >= 4 is 17.6 Å². The molecule has 0 saturated heterocycles. The van der Waals surface area contributed by atoms with E-state index in [1.807, 2.05) is 44.2 Å². The van der Waals surface area contributed by atoms with E-state index in [2.05, 4.69) is 25.8 Å². The van der Waals surface area contributed by atoms with E-state index in [4.69, 9.17) is 9.26 Å². The Kier molecular flexibility index (Phi) is 4.60. The van der Waals surface area contributed by atoms with Gasteiger partial charge in [-0.05, 0) is 31.5 Å². The third kappa shape index (κ3) is 4.01. The topological polar surface area (TPSA) is 85.1 Å². The van der Waals surface area contributed by atoms with Crippen LogP contribution in [0.1, 0.15) is 17.0 Å². The average Bonchev–Trinajstić information content (AvgIpc) is 2.98. The van der Waals surface area contributed by atoms with Gasteiger partial charge in [0.15, 0.2) is 5.82 Å². The smallest absolute Gasteiger partial charge is 0.230 e. The molecule has 0 saturated carbocycles. The van der Waals surface area contributed by atoms with Crippen molar-refractivity contribution in [3.8, 4) is 5.75 Å². The van der Waals surface area contributed by atoms with E-state index in [-0.39, 0.29) is 0 Å². The Labute approximate surface area is 140 Å². The van der Waals surface area contributed by atoms with Gasteiger partial charge in [0.1, 0.15) is 17.3 Å². The Balaban J connectivity index is 1.68. The summed E-state index contributed by atoms with van der Waals surface area (Å²) in [4.78, 5) is 8.80. The summed E-state index contributed by atoms with van der Waals surface area (Å²) in [6.07, 6.45) is 0. The first-order valence-electron chi connectivity index (χ1n) is 7.55. The van der Waals surface area contributed by atoms with Crippen LogP contribution < -0.4 is 15.4 Å². The summed E-state index contributed by atoms with van der Waals surface area (Å²) < 4.78 is 10.2. The first-order valence-corrected chi connectivity index (χ1v) is 7.55. The fraction of sp³-hybridized carbons (Fsp3) is 0.235. The van der Waals surface area contributed by atoms with Gasteiger partial charge in [0.05, 0.1) is 7.11 Å². The molecule has 0 aliphatic carbocycles. The van der Waals surface area contributed by atoms with E-state index >= 15 is 0 Å². The lowest BCUT2D eigenvalue weighted by molar-refractivity contribution is 0.400. The van der Waals surface area contributed by atoms with Gasteiger partial charge >= 0.3 is 0 Å². The van der Waals surface area contributed by atoms with Crippen LogP contribution in [0.25, 0.3) is 0 Å². The standard InChI is InChI=1S/C17H19N5O2/c1-11-8-15(18-10-13-4-6-14(23-3)7-5-13)20-17(19-11)21-16-9-12(2)24-22-16/h4-9H,10H2,1-3H3,(H2,18,19,20,21,22). The summed E-state index contributed by atoms with van der Waals surface area (Å²) >= 11 is 0. The number of hydrogen-bond donors (Lipinski definition) is 2. The van der Waals surface area contributed by atoms with Crippen LogP contribution in [0.5, 0.6) is 5.75 Å². The first kappa shape index (κ1) is 15.8. The second kappa shape index (κ2) is 6.99. The average molecular weight is 325 g/mol. The number of aromatic nitrogens is 3. The van der Waals surface area contributed by atoms with Crippen LogP contribution in [-0.4, -0.2) is 22.2 Å². The third-order valence-electron chi connectivity index (χ3n) is 3.35. The minimum atomic E-state index is 0.473. The van der Waals surface area contributed by atoms with Crippen molar-refractivity contribution in [3.63, 3.8) is 0 Å². The lowest BCUT2D eigenvalue weighted by Crippen LogP contribution is -2.05. The molecule has 0 radical (unpaired) electrons. The van der Waals surface area contributed by atoms with Crippen molar-refractivity contribution in [2.75, 3.05) is 17.7 Å². The molecule has 1 aromatic carbocycles. The first-order chi connectivity index (χ1) is 11.6. The van der Waals surface area contributed by atoms with E-state index in [0.717, 1.165) is 28.6 Å². The quantitative estimate of drug-likeness (QED) is 0.718. The maximum atomic E-state index is 5.16. The molecule has 0 unspecified atom stereocenters. The van der Waals surface area contributed by atoms with E-state index in [0.29, 0.717) is 18.3 Å². The lowest BCUT2D eigenvalue weighted by Gasteiger charge is -2.09. The fourth-order valence-corrected chi connectivity index (χ4v) is 2.19. The summed E-state index contributed by atoms with van der Waals surface area (Å²) in [6.45, 7) is 4.40. The van der Waals surface area contributed by atoms with Crippen molar-refractivity contribution in [2.45, 2.75) is 20.4 Å². The zero-order valence-electron chi connectivity index (χ0n) is 13.8. The number of benzene rings is 1. The SMILES string of the molecule is COc1ccc(CNc2cc(C)nc(Nc3cc(C)on3)n2)cc1. The Bertz CT molecular complexity index is 814. The highest BCUT2D eigenvalue weighted by molar-refractivity contribution is 5.51. The molecule has 0 spiro atoms. The van der Waals surface area contributed by atoms with E-state index in [1.54, 1.807) is 13.2 Å². The van der Waals surface area contributed by atoms with Crippen LogP contribution in [0, 0.1) is 13.8 Å². The molecule has 0 amide bonds. The van der Waals surface area contributed by atoms with Crippen LogP contribution in [0.15, 0.2) is 40.9 Å². The highest BCUT2D eigenvalue weighted by Gasteiger charge is 2.06. The largest absolute Gasteiger partial charge is 0.497 e.